The standard InChI is InChI=1S/C22H22Cl2N6O5S2/c23-14-9-13(10-15(24)21(14)26)37(34,35)28-18(7-12-1-2-16(25)19(8-12)30(32)33)22(31)29-5-3-17-20(4-6-29)36-11-27-17/h1-2,8-11,18,28H,3-7,25-26H2. The number of hydrogen-bond acceptors (Lipinski definition) is 9. The van der Waals surface area contributed by atoms with Crippen molar-refractivity contribution in [2.75, 3.05) is 24.6 Å². The van der Waals surface area contributed by atoms with Crippen LogP contribution in [-0.2, 0) is 34.1 Å². The average molecular weight is 585 g/mol. The summed E-state index contributed by atoms with van der Waals surface area (Å²) in [5, 5.41) is 11.2. The molecule has 1 atom stereocenters. The molecule has 0 radical (unpaired) electrons. The number of anilines is 2. The number of sulfonamides is 1. The summed E-state index contributed by atoms with van der Waals surface area (Å²) >= 11 is 13.6. The van der Waals surface area contributed by atoms with Gasteiger partial charge in [-0.1, -0.05) is 29.3 Å². The summed E-state index contributed by atoms with van der Waals surface area (Å²) in [5.74, 6) is -0.481. The number of nitrogens with zero attached hydrogens (tertiary/aromatic N) is 3. The normalized spacial score (nSPS) is 14.6. The molecule has 0 saturated heterocycles. The largest absolute Gasteiger partial charge is 0.396 e. The number of nitro benzene ring substituents is 1. The van der Waals surface area contributed by atoms with Crippen molar-refractivity contribution in [1.29, 1.82) is 0 Å². The van der Waals surface area contributed by atoms with E-state index in [1.54, 1.807) is 10.4 Å². The molecule has 1 amide bonds. The zero-order valence-corrected chi connectivity index (χ0v) is 22.3. The van der Waals surface area contributed by atoms with E-state index in [9.17, 15) is 23.3 Å². The summed E-state index contributed by atoms with van der Waals surface area (Å²) < 4.78 is 29.0. The fraction of sp³-hybridized carbons (Fsp3) is 0.273. The Morgan fingerprint density at radius 2 is 1.86 bits per heavy atom. The van der Waals surface area contributed by atoms with Crippen molar-refractivity contribution >= 4 is 67.5 Å². The summed E-state index contributed by atoms with van der Waals surface area (Å²) in [4.78, 5) is 31.1. The van der Waals surface area contributed by atoms with Gasteiger partial charge in [-0.05, 0) is 30.2 Å². The van der Waals surface area contributed by atoms with Gasteiger partial charge in [-0.3, -0.25) is 14.9 Å². The minimum atomic E-state index is -4.30. The van der Waals surface area contributed by atoms with Gasteiger partial charge in [0.1, 0.15) is 11.7 Å². The fourth-order valence-corrected chi connectivity index (χ4v) is 6.66. The van der Waals surface area contributed by atoms with Crippen LogP contribution in [0.2, 0.25) is 10.0 Å². The number of carbonyl (C=O) groups is 1. The number of nitrogens with one attached hydrogen (secondary N) is 1. The van der Waals surface area contributed by atoms with Gasteiger partial charge in [0.2, 0.25) is 15.9 Å². The van der Waals surface area contributed by atoms with Gasteiger partial charge in [-0.25, -0.2) is 13.4 Å². The third-order valence-corrected chi connectivity index (χ3v) is 8.97. The zero-order valence-electron chi connectivity index (χ0n) is 19.2. The molecule has 11 nitrogen and oxygen atoms in total. The highest BCUT2D eigenvalue weighted by Crippen LogP contribution is 2.31. The highest BCUT2D eigenvalue weighted by molar-refractivity contribution is 7.89. The van der Waals surface area contributed by atoms with Crippen LogP contribution in [-0.4, -0.2) is 48.3 Å². The Kier molecular flexibility index (Phi) is 7.90. The molecule has 0 fully saturated rings. The molecule has 1 unspecified atom stereocenters. The van der Waals surface area contributed by atoms with Crippen molar-refractivity contribution in [3.8, 4) is 0 Å². The van der Waals surface area contributed by atoms with Gasteiger partial charge in [0.15, 0.2) is 0 Å². The first-order valence-corrected chi connectivity index (χ1v) is 14.1. The van der Waals surface area contributed by atoms with Crippen molar-refractivity contribution in [3.63, 3.8) is 0 Å². The maximum absolute atomic E-state index is 13.7. The first-order chi connectivity index (χ1) is 17.5. The zero-order chi connectivity index (χ0) is 26.9. The molecule has 5 N–H and O–H groups in total. The lowest BCUT2D eigenvalue weighted by Gasteiger charge is -2.27. The Morgan fingerprint density at radius 3 is 2.54 bits per heavy atom. The summed E-state index contributed by atoms with van der Waals surface area (Å²) in [6.07, 6.45) is 0.953. The van der Waals surface area contributed by atoms with E-state index in [0.717, 1.165) is 22.7 Å². The van der Waals surface area contributed by atoms with Gasteiger partial charge in [0.25, 0.3) is 5.69 Å². The van der Waals surface area contributed by atoms with E-state index in [2.05, 4.69) is 9.71 Å². The average Bonchev–Trinajstić information content (AvgIpc) is 3.20. The second-order valence-electron chi connectivity index (χ2n) is 8.38. The van der Waals surface area contributed by atoms with Gasteiger partial charge < -0.3 is 16.4 Å². The maximum Gasteiger partial charge on any atom is 0.292 e. The molecule has 0 spiro atoms. The molecule has 0 saturated carbocycles. The maximum atomic E-state index is 13.7. The molecule has 1 aliphatic heterocycles. The quantitative estimate of drug-likeness (QED) is 0.215. The molecular weight excluding hydrogens is 563 g/mol. The number of halogens is 2. The lowest BCUT2D eigenvalue weighted by Crippen LogP contribution is -2.50. The first kappa shape index (κ1) is 27.1. The molecule has 2 heterocycles. The summed E-state index contributed by atoms with van der Waals surface area (Å²) in [7, 11) is -4.30. The van der Waals surface area contributed by atoms with E-state index in [1.165, 1.54) is 29.5 Å². The van der Waals surface area contributed by atoms with E-state index in [-0.39, 0.29) is 38.4 Å². The van der Waals surface area contributed by atoms with Crippen molar-refractivity contribution in [2.24, 2.45) is 0 Å². The van der Waals surface area contributed by atoms with Crippen LogP contribution in [0.15, 0.2) is 40.7 Å². The number of aromatic nitrogens is 1. The molecular formula is C22H22Cl2N6O5S2. The highest BCUT2D eigenvalue weighted by atomic mass is 35.5. The third kappa shape index (κ3) is 5.96. The minimum Gasteiger partial charge on any atom is -0.396 e. The molecule has 4 rings (SSSR count). The van der Waals surface area contributed by atoms with Gasteiger partial charge in [0, 0.05) is 36.9 Å². The Balaban J connectivity index is 1.66. The van der Waals surface area contributed by atoms with Crippen molar-refractivity contribution in [1.82, 2.24) is 14.6 Å². The Labute approximate surface area is 226 Å². The predicted molar refractivity (Wildman–Crippen MR) is 142 cm³/mol. The van der Waals surface area contributed by atoms with Crippen LogP contribution in [0.5, 0.6) is 0 Å². The van der Waals surface area contributed by atoms with E-state index in [4.69, 9.17) is 34.7 Å². The summed E-state index contributed by atoms with van der Waals surface area (Å²) in [6.45, 7) is 0.711. The van der Waals surface area contributed by atoms with E-state index < -0.39 is 26.9 Å². The van der Waals surface area contributed by atoms with Gasteiger partial charge in [-0.2, -0.15) is 4.72 Å². The topological polar surface area (TPSA) is 175 Å². The Morgan fingerprint density at radius 1 is 1.19 bits per heavy atom. The van der Waals surface area contributed by atoms with Crippen molar-refractivity contribution < 1.29 is 18.1 Å². The van der Waals surface area contributed by atoms with E-state index >= 15 is 0 Å². The lowest BCUT2D eigenvalue weighted by molar-refractivity contribution is -0.384. The second-order valence-corrected chi connectivity index (χ2v) is 11.8. The smallest absolute Gasteiger partial charge is 0.292 e. The Bertz CT molecular complexity index is 1430. The summed E-state index contributed by atoms with van der Waals surface area (Å²) in [6, 6.07) is 5.07. The molecule has 196 valence electrons. The first-order valence-electron chi connectivity index (χ1n) is 11.0. The van der Waals surface area contributed by atoms with Crippen LogP contribution < -0.4 is 16.2 Å². The van der Waals surface area contributed by atoms with Gasteiger partial charge >= 0.3 is 0 Å². The van der Waals surface area contributed by atoms with E-state index in [0.29, 0.717) is 31.5 Å². The van der Waals surface area contributed by atoms with Crippen LogP contribution in [0.25, 0.3) is 0 Å². The SMILES string of the molecule is Nc1ccc(CC(NS(=O)(=O)c2cc(Cl)c(N)c(Cl)c2)C(=O)N2CCc3ncsc3CC2)cc1[N+](=O)[O-]. The fourth-order valence-electron chi connectivity index (χ4n) is 3.99. The number of nitrogen functional groups attached to an aromatic ring is 2. The van der Waals surface area contributed by atoms with Gasteiger partial charge in [-0.15, -0.1) is 11.3 Å². The molecule has 2 aromatic carbocycles. The van der Waals surface area contributed by atoms with Crippen LogP contribution in [0.1, 0.15) is 16.1 Å². The molecule has 3 aromatic rings. The number of amides is 1. The number of carbonyl (C=O) groups excluding carboxylic acids is 1. The number of rotatable bonds is 7. The van der Waals surface area contributed by atoms with E-state index in [1.807, 2.05) is 0 Å². The van der Waals surface area contributed by atoms with Gasteiger partial charge in [0.05, 0.1) is 36.8 Å². The number of nitrogens with two attached hydrogens (primary N) is 2. The number of fused-ring (bicyclic) bond motifs is 1. The summed E-state index contributed by atoms with van der Waals surface area (Å²) in [5.41, 5.74) is 14.1. The monoisotopic (exact) mass is 584 g/mol. The lowest BCUT2D eigenvalue weighted by atomic mass is 10.0. The molecule has 0 aliphatic carbocycles. The molecule has 37 heavy (non-hydrogen) atoms. The molecule has 1 aliphatic rings. The highest BCUT2D eigenvalue weighted by Gasteiger charge is 2.32. The second kappa shape index (κ2) is 10.8. The predicted octanol–water partition coefficient (Wildman–Crippen LogP) is 3.04. The number of hydrogen-bond donors (Lipinski definition) is 3. The third-order valence-electron chi connectivity index (χ3n) is 5.95. The molecule has 0 bridgehead atoms. The molecule has 15 heteroatoms. The Hall–Kier alpha value is -2.97. The molecule has 1 aromatic heterocycles. The number of nitro groups is 1. The van der Waals surface area contributed by atoms with Crippen LogP contribution in [0.3, 0.4) is 0 Å². The van der Waals surface area contributed by atoms with Crippen LogP contribution >= 0.6 is 34.5 Å². The minimum absolute atomic E-state index is 0.0229. The van der Waals surface area contributed by atoms with Crippen molar-refractivity contribution in [2.45, 2.75) is 30.2 Å². The van der Waals surface area contributed by atoms with Crippen LogP contribution in [0.4, 0.5) is 17.1 Å². The van der Waals surface area contributed by atoms with Crippen LogP contribution in [0, 0.1) is 10.1 Å². The number of benzene rings is 2. The number of thiazole rings is 1. The van der Waals surface area contributed by atoms with Crippen molar-refractivity contribution in [3.05, 3.63) is 72.1 Å².